The standard InChI is InChI=1S/C24H26N2O6S/c1-4-17-14-20-16(2)12-23(27)31-22(20)15-21(17)32-24(28)18-6-5-7-19(13-18)33(29,30)26-10-8-25(3)9-11-26/h5-7,12-15H,4,8-11H2,1-3H3. The number of likely N-dealkylation sites (N-methyl/N-ethyl adjacent to an activating group) is 1. The van der Waals surface area contributed by atoms with Crippen LogP contribution in [0.15, 0.2) is 56.6 Å². The molecule has 1 aliphatic heterocycles. The molecule has 1 aromatic heterocycles. The van der Waals surface area contributed by atoms with Gasteiger partial charge in [-0.2, -0.15) is 4.31 Å². The van der Waals surface area contributed by atoms with Crippen LogP contribution in [-0.2, 0) is 16.4 Å². The average Bonchev–Trinajstić information content (AvgIpc) is 2.79. The molecule has 0 amide bonds. The third kappa shape index (κ3) is 4.71. The molecular formula is C24H26N2O6S. The van der Waals surface area contributed by atoms with Gasteiger partial charge in [-0.3, -0.25) is 0 Å². The van der Waals surface area contributed by atoms with Crippen molar-refractivity contribution in [2.75, 3.05) is 33.2 Å². The number of hydrogen-bond donors (Lipinski definition) is 0. The lowest BCUT2D eigenvalue weighted by molar-refractivity contribution is 0.0733. The van der Waals surface area contributed by atoms with E-state index in [0.29, 0.717) is 38.2 Å². The number of hydrogen-bond acceptors (Lipinski definition) is 7. The molecule has 0 N–H and O–H groups in total. The van der Waals surface area contributed by atoms with Gasteiger partial charge in [0.25, 0.3) is 0 Å². The molecule has 2 heterocycles. The number of benzene rings is 2. The van der Waals surface area contributed by atoms with Crippen LogP contribution < -0.4 is 10.4 Å². The first-order chi connectivity index (χ1) is 15.7. The van der Waals surface area contributed by atoms with Gasteiger partial charge in [0.2, 0.25) is 10.0 Å². The van der Waals surface area contributed by atoms with Gasteiger partial charge < -0.3 is 14.1 Å². The lowest BCUT2D eigenvalue weighted by Crippen LogP contribution is -2.47. The minimum absolute atomic E-state index is 0.0531. The van der Waals surface area contributed by atoms with Crippen molar-refractivity contribution in [2.45, 2.75) is 25.2 Å². The Morgan fingerprint density at radius 1 is 1.09 bits per heavy atom. The second kappa shape index (κ2) is 9.09. The molecule has 0 unspecified atom stereocenters. The lowest BCUT2D eigenvalue weighted by Gasteiger charge is -2.31. The minimum atomic E-state index is -3.72. The van der Waals surface area contributed by atoms with E-state index < -0.39 is 21.6 Å². The zero-order valence-electron chi connectivity index (χ0n) is 18.8. The Bertz CT molecular complexity index is 1370. The molecule has 33 heavy (non-hydrogen) atoms. The van der Waals surface area contributed by atoms with Crippen LogP contribution in [0.1, 0.15) is 28.4 Å². The van der Waals surface area contributed by atoms with E-state index in [-0.39, 0.29) is 16.2 Å². The topological polar surface area (TPSA) is 97.1 Å². The second-order valence-corrected chi connectivity index (χ2v) is 10.1. The van der Waals surface area contributed by atoms with Gasteiger partial charge in [-0.25, -0.2) is 18.0 Å². The number of aryl methyl sites for hydroxylation is 2. The van der Waals surface area contributed by atoms with E-state index >= 15 is 0 Å². The first kappa shape index (κ1) is 23.2. The van der Waals surface area contributed by atoms with Gasteiger partial charge >= 0.3 is 11.6 Å². The highest BCUT2D eigenvalue weighted by molar-refractivity contribution is 7.89. The summed E-state index contributed by atoms with van der Waals surface area (Å²) >= 11 is 0. The Hall–Kier alpha value is -3.01. The fourth-order valence-corrected chi connectivity index (χ4v) is 5.35. The lowest BCUT2D eigenvalue weighted by atomic mass is 10.1. The van der Waals surface area contributed by atoms with Crippen molar-refractivity contribution < 1.29 is 22.4 Å². The Balaban J connectivity index is 1.63. The van der Waals surface area contributed by atoms with Gasteiger partial charge in [0.05, 0.1) is 10.5 Å². The van der Waals surface area contributed by atoms with Crippen LogP contribution in [0.5, 0.6) is 5.75 Å². The molecule has 0 saturated carbocycles. The highest BCUT2D eigenvalue weighted by atomic mass is 32.2. The average molecular weight is 471 g/mol. The summed E-state index contributed by atoms with van der Waals surface area (Å²) in [5.74, 6) is -0.412. The fourth-order valence-electron chi connectivity index (χ4n) is 3.88. The summed E-state index contributed by atoms with van der Waals surface area (Å²) in [7, 11) is -1.77. The third-order valence-corrected chi connectivity index (χ3v) is 7.78. The molecule has 9 heteroatoms. The molecule has 1 fully saturated rings. The van der Waals surface area contributed by atoms with Crippen molar-refractivity contribution in [3.05, 3.63) is 69.6 Å². The summed E-state index contributed by atoms with van der Waals surface area (Å²) < 4.78 is 38.4. The minimum Gasteiger partial charge on any atom is -0.423 e. The van der Waals surface area contributed by atoms with E-state index in [9.17, 15) is 18.0 Å². The largest absolute Gasteiger partial charge is 0.423 e. The van der Waals surface area contributed by atoms with E-state index in [4.69, 9.17) is 9.15 Å². The molecule has 0 radical (unpaired) electrons. The second-order valence-electron chi connectivity index (χ2n) is 8.18. The zero-order chi connectivity index (χ0) is 23.8. The molecule has 3 aromatic rings. The van der Waals surface area contributed by atoms with Crippen molar-refractivity contribution in [1.82, 2.24) is 9.21 Å². The number of rotatable bonds is 5. The van der Waals surface area contributed by atoms with Gasteiger partial charge in [0.1, 0.15) is 11.3 Å². The quantitative estimate of drug-likeness (QED) is 0.321. The molecule has 0 aliphatic carbocycles. The van der Waals surface area contributed by atoms with Crippen LogP contribution in [0.2, 0.25) is 0 Å². The molecule has 0 spiro atoms. The van der Waals surface area contributed by atoms with E-state index in [1.807, 2.05) is 27.0 Å². The maximum Gasteiger partial charge on any atom is 0.343 e. The van der Waals surface area contributed by atoms with Gasteiger partial charge in [-0.05, 0) is 55.8 Å². The molecule has 2 aromatic carbocycles. The van der Waals surface area contributed by atoms with Crippen molar-refractivity contribution in [3.63, 3.8) is 0 Å². The SMILES string of the molecule is CCc1cc2c(C)cc(=O)oc2cc1OC(=O)c1cccc(S(=O)(=O)N2CCN(C)CC2)c1. The monoisotopic (exact) mass is 470 g/mol. The number of piperazine rings is 1. The van der Waals surface area contributed by atoms with Crippen molar-refractivity contribution in [1.29, 1.82) is 0 Å². The van der Waals surface area contributed by atoms with Crippen LogP contribution in [0.25, 0.3) is 11.0 Å². The van der Waals surface area contributed by atoms with E-state index in [0.717, 1.165) is 16.5 Å². The summed E-state index contributed by atoms with van der Waals surface area (Å²) in [5.41, 5.74) is 1.51. The molecular weight excluding hydrogens is 444 g/mol. The summed E-state index contributed by atoms with van der Waals surface area (Å²) in [6.45, 7) is 5.84. The fraction of sp³-hybridized carbons (Fsp3) is 0.333. The van der Waals surface area contributed by atoms with Crippen LogP contribution in [0.3, 0.4) is 0 Å². The highest BCUT2D eigenvalue weighted by Crippen LogP contribution is 2.29. The number of carbonyl (C=O) groups is 1. The number of nitrogens with zero attached hydrogens (tertiary/aromatic N) is 2. The predicted octanol–water partition coefficient (Wildman–Crippen LogP) is 2.82. The molecule has 8 nitrogen and oxygen atoms in total. The first-order valence-electron chi connectivity index (χ1n) is 10.8. The molecule has 4 rings (SSSR count). The zero-order valence-corrected chi connectivity index (χ0v) is 19.6. The summed E-state index contributed by atoms with van der Waals surface area (Å²) in [6, 6.07) is 10.7. The smallest absolute Gasteiger partial charge is 0.343 e. The normalized spacial score (nSPS) is 15.6. The van der Waals surface area contributed by atoms with Crippen molar-refractivity contribution >= 4 is 27.0 Å². The van der Waals surface area contributed by atoms with E-state index in [2.05, 4.69) is 4.90 Å². The highest BCUT2D eigenvalue weighted by Gasteiger charge is 2.28. The molecule has 0 atom stereocenters. The maximum atomic E-state index is 13.1. The molecule has 0 bridgehead atoms. The Morgan fingerprint density at radius 2 is 1.82 bits per heavy atom. The molecule has 1 saturated heterocycles. The number of ether oxygens (including phenoxy) is 1. The Labute approximate surface area is 192 Å². The van der Waals surface area contributed by atoms with Gasteiger partial charge in [-0.1, -0.05) is 13.0 Å². The molecule has 1 aliphatic rings. The van der Waals surface area contributed by atoms with Crippen molar-refractivity contribution in [2.24, 2.45) is 0 Å². The summed E-state index contributed by atoms with van der Waals surface area (Å²) in [4.78, 5) is 26.8. The van der Waals surface area contributed by atoms with E-state index in [1.165, 1.54) is 40.7 Å². The number of sulfonamides is 1. The van der Waals surface area contributed by atoms with Gasteiger partial charge in [-0.15, -0.1) is 0 Å². The third-order valence-electron chi connectivity index (χ3n) is 5.89. The molecule has 174 valence electrons. The van der Waals surface area contributed by atoms with E-state index in [1.54, 1.807) is 0 Å². The van der Waals surface area contributed by atoms with Gasteiger partial charge in [0, 0.05) is 43.7 Å². The Morgan fingerprint density at radius 3 is 2.52 bits per heavy atom. The van der Waals surface area contributed by atoms with Crippen LogP contribution in [-0.4, -0.2) is 56.8 Å². The first-order valence-corrected chi connectivity index (χ1v) is 12.2. The summed E-state index contributed by atoms with van der Waals surface area (Å²) in [6.07, 6.45) is 0.592. The predicted molar refractivity (Wildman–Crippen MR) is 124 cm³/mol. The summed E-state index contributed by atoms with van der Waals surface area (Å²) in [5, 5.41) is 0.770. The number of fused-ring (bicyclic) bond motifs is 1. The van der Waals surface area contributed by atoms with Gasteiger partial charge in [0.15, 0.2) is 0 Å². The van der Waals surface area contributed by atoms with Crippen LogP contribution in [0, 0.1) is 6.92 Å². The maximum absolute atomic E-state index is 13.1. The Kier molecular flexibility index (Phi) is 6.38. The van der Waals surface area contributed by atoms with Crippen LogP contribution >= 0.6 is 0 Å². The number of esters is 1. The number of carbonyl (C=O) groups excluding carboxylic acids is 1. The van der Waals surface area contributed by atoms with Crippen LogP contribution in [0.4, 0.5) is 0 Å². The van der Waals surface area contributed by atoms with Crippen molar-refractivity contribution in [3.8, 4) is 5.75 Å².